The molecule has 0 unspecified atom stereocenters. The Labute approximate surface area is 75.1 Å². The molecule has 1 heterocycles. The van der Waals surface area contributed by atoms with Gasteiger partial charge in [0.15, 0.2) is 5.78 Å². The molecule has 1 amide bonds. The van der Waals surface area contributed by atoms with E-state index in [4.69, 9.17) is 16.7 Å². The average Bonchev–Trinajstić information content (AvgIpc) is 2.50. The minimum absolute atomic E-state index is 0.103. The zero-order valence-electron chi connectivity index (χ0n) is 6.49. The standard InChI is InChI=1S/C7H10ClNO3/c8-4-6(10)5-2-1-3-9(5)7(11)12/h5H,1-4H2,(H,11,12)/t5-/m1/s1. The molecule has 0 radical (unpaired) electrons. The summed E-state index contributed by atoms with van der Waals surface area (Å²) in [6.07, 6.45) is 0.327. The van der Waals surface area contributed by atoms with E-state index in [2.05, 4.69) is 0 Å². The third-order valence-corrected chi connectivity index (χ3v) is 2.27. The van der Waals surface area contributed by atoms with Crippen molar-refractivity contribution >= 4 is 23.5 Å². The highest BCUT2D eigenvalue weighted by atomic mass is 35.5. The smallest absolute Gasteiger partial charge is 0.407 e. The van der Waals surface area contributed by atoms with Crippen LogP contribution in [0.15, 0.2) is 0 Å². The van der Waals surface area contributed by atoms with Crippen molar-refractivity contribution < 1.29 is 14.7 Å². The fourth-order valence-corrected chi connectivity index (χ4v) is 1.60. The van der Waals surface area contributed by atoms with Crippen molar-refractivity contribution in [2.45, 2.75) is 18.9 Å². The minimum Gasteiger partial charge on any atom is -0.465 e. The largest absolute Gasteiger partial charge is 0.465 e. The Balaban J connectivity index is 2.63. The molecule has 1 aliphatic rings. The molecule has 0 spiro atoms. The molecule has 68 valence electrons. The van der Waals surface area contributed by atoms with Gasteiger partial charge in [0.25, 0.3) is 0 Å². The molecular weight excluding hydrogens is 182 g/mol. The highest BCUT2D eigenvalue weighted by molar-refractivity contribution is 6.28. The van der Waals surface area contributed by atoms with E-state index in [1.54, 1.807) is 0 Å². The quantitative estimate of drug-likeness (QED) is 0.661. The lowest BCUT2D eigenvalue weighted by Crippen LogP contribution is -2.40. The predicted molar refractivity (Wildman–Crippen MR) is 43.5 cm³/mol. The van der Waals surface area contributed by atoms with Crippen LogP contribution >= 0.6 is 11.6 Å². The average molecular weight is 192 g/mol. The second-order valence-electron chi connectivity index (χ2n) is 2.73. The van der Waals surface area contributed by atoms with Crippen molar-refractivity contribution in [3.63, 3.8) is 0 Å². The van der Waals surface area contributed by atoms with Gasteiger partial charge in [-0.25, -0.2) is 4.79 Å². The molecule has 0 aromatic rings. The van der Waals surface area contributed by atoms with Gasteiger partial charge >= 0.3 is 6.09 Å². The molecule has 0 aliphatic carbocycles. The van der Waals surface area contributed by atoms with Crippen molar-refractivity contribution in [2.24, 2.45) is 0 Å². The summed E-state index contributed by atoms with van der Waals surface area (Å²) in [5.74, 6) is -0.300. The van der Waals surface area contributed by atoms with Crippen LogP contribution in [0.5, 0.6) is 0 Å². The van der Waals surface area contributed by atoms with Gasteiger partial charge in [-0.2, -0.15) is 0 Å². The molecule has 1 fully saturated rings. The number of carbonyl (C=O) groups excluding carboxylic acids is 1. The molecule has 1 atom stereocenters. The lowest BCUT2D eigenvalue weighted by Gasteiger charge is -2.18. The molecule has 12 heavy (non-hydrogen) atoms. The van der Waals surface area contributed by atoms with Gasteiger partial charge in [0.05, 0.1) is 11.9 Å². The minimum atomic E-state index is -1.03. The van der Waals surface area contributed by atoms with Crippen LogP contribution in [0.3, 0.4) is 0 Å². The van der Waals surface area contributed by atoms with Crippen molar-refractivity contribution in [3.8, 4) is 0 Å². The molecule has 1 aliphatic heterocycles. The number of halogens is 1. The van der Waals surface area contributed by atoms with E-state index in [1.165, 1.54) is 0 Å². The molecule has 1 rings (SSSR count). The Morgan fingerprint density at radius 1 is 1.58 bits per heavy atom. The summed E-state index contributed by atoms with van der Waals surface area (Å²) in [5, 5.41) is 8.66. The van der Waals surface area contributed by atoms with E-state index in [0.717, 1.165) is 11.3 Å². The number of hydrogen-bond acceptors (Lipinski definition) is 2. The van der Waals surface area contributed by atoms with E-state index >= 15 is 0 Å². The zero-order chi connectivity index (χ0) is 9.14. The summed E-state index contributed by atoms with van der Waals surface area (Å²) in [5.41, 5.74) is 0. The normalized spacial score (nSPS) is 22.8. The second kappa shape index (κ2) is 3.76. The van der Waals surface area contributed by atoms with Gasteiger partial charge < -0.3 is 5.11 Å². The third-order valence-electron chi connectivity index (χ3n) is 2.00. The lowest BCUT2D eigenvalue weighted by molar-refractivity contribution is -0.120. The van der Waals surface area contributed by atoms with Gasteiger partial charge in [0.2, 0.25) is 0 Å². The first-order chi connectivity index (χ1) is 5.66. The van der Waals surface area contributed by atoms with Gasteiger partial charge in [-0.15, -0.1) is 11.6 Å². The summed E-state index contributed by atoms with van der Waals surface area (Å²) in [6.45, 7) is 0.447. The van der Waals surface area contributed by atoms with E-state index in [-0.39, 0.29) is 11.7 Å². The maximum absolute atomic E-state index is 11.1. The monoisotopic (exact) mass is 191 g/mol. The summed E-state index contributed by atoms with van der Waals surface area (Å²) >= 11 is 5.33. The molecule has 4 nitrogen and oxygen atoms in total. The van der Waals surface area contributed by atoms with Crippen LogP contribution in [0.4, 0.5) is 4.79 Å². The van der Waals surface area contributed by atoms with Gasteiger partial charge in [0, 0.05) is 6.54 Å². The molecule has 0 bridgehead atoms. The number of amides is 1. The van der Waals surface area contributed by atoms with Crippen molar-refractivity contribution in [2.75, 3.05) is 12.4 Å². The number of carboxylic acid groups (broad SMARTS) is 1. The first-order valence-corrected chi connectivity index (χ1v) is 4.28. The second-order valence-corrected chi connectivity index (χ2v) is 3.00. The van der Waals surface area contributed by atoms with E-state index in [1.807, 2.05) is 0 Å². The number of Topliss-reactive ketones (excluding diaryl/α,β-unsaturated/α-hetero) is 1. The van der Waals surface area contributed by atoms with Crippen LogP contribution in [-0.4, -0.2) is 40.3 Å². The SMILES string of the molecule is O=C(CCl)[C@H]1CCCN1C(=O)O. The van der Waals surface area contributed by atoms with Crippen LogP contribution in [0, 0.1) is 0 Å². The van der Waals surface area contributed by atoms with Crippen LogP contribution in [-0.2, 0) is 4.79 Å². The number of alkyl halides is 1. The molecule has 1 saturated heterocycles. The van der Waals surface area contributed by atoms with Crippen molar-refractivity contribution in [3.05, 3.63) is 0 Å². The van der Waals surface area contributed by atoms with Gasteiger partial charge in [0.1, 0.15) is 0 Å². The Bertz CT molecular complexity index is 207. The number of likely N-dealkylation sites (tertiary alicyclic amines) is 1. The van der Waals surface area contributed by atoms with Crippen LogP contribution in [0.2, 0.25) is 0 Å². The molecule has 0 aromatic carbocycles. The number of carbonyl (C=O) groups is 2. The number of rotatable bonds is 2. The molecule has 0 aromatic heterocycles. The summed E-state index contributed by atoms with van der Waals surface area (Å²) in [6, 6.07) is -0.500. The van der Waals surface area contributed by atoms with Crippen molar-refractivity contribution in [1.82, 2.24) is 4.90 Å². The lowest BCUT2D eigenvalue weighted by atomic mass is 10.1. The summed E-state index contributed by atoms with van der Waals surface area (Å²) in [4.78, 5) is 22.8. The van der Waals surface area contributed by atoms with Gasteiger partial charge in [-0.3, -0.25) is 9.69 Å². The number of hydrogen-bond donors (Lipinski definition) is 1. The summed E-state index contributed by atoms with van der Waals surface area (Å²) in [7, 11) is 0. The molecular formula is C7H10ClNO3. The van der Waals surface area contributed by atoms with Crippen molar-refractivity contribution in [1.29, 1.82) is 0 Å². The Hall–Kier alpha value is -0.770. The topological polar surface area (TPSA) is 57.6 Å². The number of ketones is 1. The Kier molecular flexibility index (Phi) is 2.92. The van der Waals surface area contributed by atoms with E-state index in [9.17, 15) is 9.59 Å². The molecule has 1 N–H and O–H groups in total. The molecule has 0 saturated carbocycles. The van der Waals surface area contributed by atoms with Gasteiger partial charge in [-0.05, 0) is 12.8 Å². The first kappa shape index (κ1) is 9.32. The fraction of sp³-hybridized carbons (Fsp3) is 0.714. The maximum atomic E-state index is 11.1. The Morgan fingerprint density at radius 2 is 2.25 bits per heavy atom. The maximum Gasteiger partial charge on any atom is 0.407 e. The fourth-order valence-electron chi connectivity index (χ4n) is 1.42. The summed E-state index contributed by atoms with van der Waals surface area (Å²) < 4.78 is 0. The van der Waals surface area contributed by atoms with Gasteiger partial charge in [-0.1, -0.05) is 0 Å². The van der Waals surface area contributed by atoms with Crippen LogP contribution in [0.1, 0.15) is 12.8 Å². The predicted octanol–water partition coefficient (Wildman–Crippen LogP) is 0.937. The Morgan fingerprint density at radius 3 is 2.75 bits per heavy atom. The third kappa shape index (κ3) is 1.69. The molecule has 5 heteroatoms. The highest BCUT2D eigenvalue weighted by Gasteiger charge is 2.32. The number of nitrogens with zero attached hydrogens (tertiary/aromatic N) is 1. The highest BCUT2D eigenvalue weighted by Crippen LogP contribution is 2.18. The first-order valence-electron chi connectivity index (χ1n) is 3.75. The van der Waals surface area contributed by atoms with E-state index < -0.39 is 12.1 Å². The van der Waals surface area contributed by atoms with Crippen LogP contribution in [0.25, 0.3) is 0 Å². The zero-order valence-corrected chi connectivity index (χ0v) is 7.25. The van der Waals surface area contributed by atoms with Crippen LogP contribution < -0.4 is 0 Å². The van der Waals surface area contributed by atoms with E-state index in [0.29, 0.717) is 13.0 Å².